The van der Waals surface area contributed by atoms with E-state index < -0.39 is 0 Å². The molecule has 1 amide bonds. The van der Waals surface area contributed by atoms with Gasteiger partial charge in [0.05, 0.1) is 17.4 Å². The van der Waals surface area contributed by atoms with Crippen molar-refractivity contribution in [2.45, 2.75) is 64.0 Å². The number of rotatable bonds is 3. The summed E-state index contributed by atoms with van der Waals surface area (Å²) in [5.74, 6) is 1.75. The maximum absolute atomic E-state index is 12.7. The fourth-order valence-electron chi connectivity index (χ4n) is 5.76. The Morgan fingerprint density at radius 1 is 1.23 bits per heavy atom. The maximum atomic E-state index is 12.7. The minimum Gasteiger partial charge on any atom is -0.367 e. The van der Waals surface area contributed by atoms with Gasteiger partial charge < -0.3 is 25.4 Å². The van der Waals surface area contributed by atoms with Crippen LogP contribution in [0.25, 0.3) is 0 Å². The number of amides is 1. The molecule has 35 heavy (non-hydrogen) atoms. The second-order valence-electron chi connectivity index (χ2n) is 10.7. The molecule has 3 N–H and O–H groups in total. The van der Waals surface area contributed by atoms with Gasteiger partial charge in [0, 0.05) is 31.7 Å². The van der Waals surface area contributed by atoms with Crippen LogP contribution < -0.4 is 20.9 Å². The highest BCUT2D eigenvalue weighted by molar-refractivity contribution is 5.99. The molecule has 1 aliphatic carbocycles. The van der Waals surface area contributed by atoms with Crippen LogP contribution in [0.3, 0.4) is 0 Å². The van der Waals surface area contributed by atoms with Crippen molar-refractivity contribution in [1.29, 1.82) is 0 Å². The first-order valence-electron chi connectivity index (χ1n) is 12.6. The summed E-state index contributed by atoms with van der Waals surface area (Å²) in [4.78, 5) is 28.6. The zero-order chi connectivity index (χ0) is 24.6. The second-order valence-corrected chi connectivity index (χ2v) is 10.7. The number of nitrogens with one attached hydrogen (secondary N) is 3. The van der Waals surface area contributed by atoms with Gasteiger partial charge in [-0.15, -0.1) is 0 Å². The van der Waals surface area contributed by atoms with Crippen molar-refractivity contribution in [2.24, 2.45) is 9.98 Å². The number of carbonyl (C=O) groups is 1. The molecule has 0 bridgehead atoms. The first-order valence-corrected chi connectivity index (χ1v) is 12.6. The van der Waals surface area contributed by atoms with Crippen molar-refractivity contribution in [3.8, 4) is 0 Å². The van der Waals surface area contributed by atoms with Crippen LogP contribution in [-0.2, 0) is 5.54 Å². The van der Waals surface area contributed by atoms with E-state index in [0.29, 0.717) is 24.0 Å². The SMILES string of the molecule is C=NC(=Nc1c(C)cc2n1C1(CCCCC1)CNC2=O)Nc1ccc(N2CCNC(C)(C)C2)cn1. The Kier molecular flexibility index (Phi) is 6.13. The minimum atomic E-state index is -0.127. The number of hydrogen-bond donors (Lipinski definition) is 3. The van der Waals surface area contributed by atoms with Crippen LogP contribution in [0.5, 0.6) is 0 Å². The van der Waals surface area contributed by atoms with Crippen molar-refractivity contribution >= 4 is 35.9 Å². The van der Waals surface area contributed by atoms with Crippen LogP contribution in [0.4, 0.5) is 17.3 Å². The Bertz CT molecular complexity index is 1140. The molecule has 0 radical (unpaired) electrons. The highest BCUT2D eigenvalue weighted by atomic mass is 16.2. The number of carbonyl (C=O) groups excluding carboxylic acids is 1. The number of hydrogen-bond acceptors (Lipinski definition) is 5. The van der Waals surface area contributed by atoms with E-state index in [0.717, 1.165) is 62.4 Å². The number of aryl methyl sites for hydroxylation is 1. The van der Waals surface area contributed by atoms with Gasteiger partial charge in [-0.3, -0.25) is 4.79 Å². The zero-order valence-corrected chi connectivity index (χ0v) is 21.0. The van der Waals surface area contributed by atoms with E-state index in [-0.39, 0.29) is 17.0 Å². The standard InChI is InChI=1S/C26H36N8O/c1-18-14-20-23(35)29-16-26(10-6-5-7-11-26)34(20)22(18)32-24(27-4)31-21-9-8-19(15-28-21)33-13-12-30-25(2,3)17-33/h8-9,14-15,30H,4-7,10-13,16-17H2,1-3H3,(H,29,35)(H,28,31,32). The highest BCUT2D eigenvalue weighted by Gasteiger charge is 2.42. The molecular formula is C26H36N8O. The molecule has 1 saturated carbocycles. The topological polar surface area (TPSA) is 98.9 Å². The number of guanidine groups is 1. The molecule has 0 unspecified atom stereocenters. The minimum absolute atomic E-state index is 0.0415. The van der Waals surface area contributed by atoms with Crippen LogP contribution in [0.15, 0.2) is 34.4 Å². The number of nitrogens with zero attached hydrogens (tertiary/aromatic N) is 5. The lowest BCUT2D eigenvalue weighted by atomic mass is 9.80. The van der Waals surface area contributed by atoms with Gasteiger partial charge in [-0.1, -0.05) is 19.3 Å². The van der Waals surface area contributed by atoms with Gasteiger partial charge in [-0.2, -0.15) is 4.99 Å². The van der Waals surface area contributed by atoms with Crippen LogP contribution in [0, 0.1) is 6.92 Å². The molecule has 9 heteroatoms. The van der Waals surface area contributed by atoms with Crippen molar-refractivity contribution < 1.29 is 4.79 Å². The summed E-state index contributed by atoms with van der Waals surface area (Å²) < 4.78 is 2.16. The molecular weight excluding hydrogens is 440 g/mol. The van der Waals surface area contributed by atoms with E-state index in [9.17, 15) is 4.79 Å². The van der Waals surface area contributed by atoms with Crippen LogP contribution in [0.2, 0.25) is 0 Å². The molecule has 2 aromatic rings. The van der Waals surface area contributed by atoms with E-state index in [1.165, 1.54) is 6.42 Å². The Morgan fingerprint density at radius 2 is 2.03 bits per heavy atom. The maximum Gasteiger partial charge on any atom is 0.268 e. The number of anilines is 2. The molecule has 1 spiro atoms. The first kappa shape index (κ1) is 23.5. The summed E-state index contributed by atoms with van der Waals surface area (Å²) in [5.41, 5.74) is 2.67. The normalized spacial score (nSPS) is 21.4. The highest BCUT2D eigenvalue weighted by Crippen LogP contribution is 2.42. The van der Waals surface area contributed by atoms with E-state index in [4.69, 9.17) is 4.99 Å². The molecule has 4 heterocycles. The number of aliphatic imine (C=N–C) groups is 2. The molecule has 5 rings (SSSR count). The molecule has 3 aliphatic rings. The van der Waals surface area contributed by atoms with Gasteiger partial charge in [0.25, 0.3) is 5.91 Å². The average molecular weight is 477 g/mol. The Balaban J connectivity index is 1.41. The molecule has 186 valence electrons. The predicted molar refractivity (Wildman–Crippen MR) is 141 cm³/mol. The zero-order valence-electron chi connectivity index (χ0n) is 21.0. The summed E-state index contributed by atoms with van der Waals surface area (Å²) >= 11 is 0. The Hall–Kier alpha value is -3.20. The molecule has 2 fully saturated rings. The van der Waals surface area contributed by atoms with Gasteiger partial charge >= 0.3 is 0 Å². The number of aromatic nitrogens is 2. The monoisotopic (exact) mass is 476 g/mol. The molecule has 2 aliphatic heterocycles. The first-order chi connectivity index (χ1) is 16.8. The quantitative estimate of drug-likeness (QED) is 0.465. The molecule has 1 saturated heterocycles. The lowest BCUT2D eigenvalue weighted by Gasteiger charge is -2.43. The van der Waals surface area contributed by atoms with Gasteiger partial charge in [-0.25, -0.2) is 9.98 Å². The van der Waals surface area contributed by atoms with E-state index in [1.807, 2.05) is 25.3 Å². The summed E-state index contributed by atoms with van der Waals surface area (Å²) in [6, 6.07) is 5.96. The van der Waals surface area contributed by atoms with Crippen LogP contribution in [-0.4, -0.2) is 59.9 Å². The van der Waals surface area contributed by atoms with Gasteiger partial charge in [0.1, 0.15) is 17.3 Å². The molecule has 0 atom stereocenters. The third-order valence-corrected chi connectivity index (χ3v) is 7.51. The van der Waals surface area contributed by atoms with E-state index in [2.05, 4.69) is 62.0 Å². The Morgan fingerprint density at radius 3 is 2.71 bits per heavy atom. The van der Waals surface area contributed by atoms with Crippen molar-refractivity contribution in [3.63, 3.8) is 0 Å². The summed E-state index contributed by atoms with van der Waals surface area (Å²) in [6.07, 6.45) is 7.50. The van der Waals surface area contributed by atoms with Crippen LogP contribution >= 0.6 is 0 Å². The van der Waals surface area contributed by atoms with Crippen molar-refractivity contribution in [3.05, 3.63) is 35.7 Å². The van der Waals surface area contributed by atoms with Gasteiger partial charge in [-0.05, 0) is 64.1 Å². The summed E-state index contributed by atoms with van der Waals surface area (Å²) in [5, 5.41) is 9.86. The summed E-state index contributed by atoms with van der Waals surface area (Å²) in [6.45, 7) is 13.6. The molecule has 2 aromatic heterocycles. The largest absolute Gasteiger partial charge is 0.367 e. The fraction of sp³-hybridized carbons (Fsp3) is 0.538. The molecule has 0 aromatic carbocycles. The smallest absolute Gasteiger partial charge is 0.268 e. The number of fused-ring (bicyclic) bond motifs is 2. The van der Waals surface area contributed by atoms with Crippen molar-refractivity contribution in [2.75, 3.05) is 36.4 Å². The van der Waals surface area contributed by atoms with Crippen molar-refractivity contribution in [1.82, 2.24) is 20.2 Å². The van der Waals surface area contributed by atoms with E-state index in [1.54, 1.807) is 0 Å². The van der Waals surface area contributed by atoms with Gasteiger partial charge in [0.15, 0.2) is 0 Å². The number of piperazine rings is 1. The fourth-order valence-corrected chi connectivity index (χ4v) is 5.76. The number of pyridine rings is 1. The average Bonchev–Trinajstić information content (AvgIpc) is 3.19. The second kappa shape index (κ2) is 9.11. The van der Waals surface area contributed by atoms with E-state index >= 15 is 0 Å². The third kappa shape index (κ3) is 4.57. The third-order valence-electron chi connectivity index (χ3n) is 7.51. The predicted octanol–water partition coefficient (Wildman–Crippen LogP) is 3.58. The van der Waals surface area contributed by atoms with Crippen LogP contribution in [0.1, 0.15) is 62.0 Å². The Labute approximate surface area is 207 Å². The lowest BCUT2D eigenvalue weighted by Crippen LogP contribution is -2.57. The lowest BCUT2D eigenvalue weighted by molar-refractivity contribution is 0.0830. The molecule has 9 nitrogen and oxygen atoms in total. The summed E-state index contributed by atoms with van der Waals surface area (Å²) in [7, 11) is 0. The van der Waals surface area contributed by atoms with Gasteiger partial charge in [0.2, 0.25) is 5.96 Å².